The Kier molecular flexibility index (Phi) is 7.67. The van der Waals surface area contributed by atoms with Gasteiger partial charge in [0.25, 0.3) is 0 Å². The molecule has 0 atom stereocenters. The summed E-state index contributed by atoms with van der Waals surface area (Å²) in [5.74, 6) is -0.715. The summed E-state index contributed by atoms with van der Waals surface area (Å²) in [5, 5.41) is 2.77. The lowest BCUT2D eigenvalue weighted by atomic mass is 10.3. The highest BCUT2D eigenvalue weighted by molar-refractivity contribution is 6.04. The molecule has 0 spiro atoms. The van der Waals surface area contributed by atoms with Gasteiger partial charge in [0, 0.05) is 19.4 Å². The number of imide groups is 1. The Bertz CT molecular complexity index is 368. The van der Waals surface area contributed by atoms with Gasteiger partial charge >= 0.3 is 0 Å². The average molecular weight is 318 g/mol. The molecular formula is C14H24ClN3O3. The number of carbonyl (C=O) groups is 3. The molecule has 7 heteroatoms. The first kappa shape index (κ1) is 17.9. The molecule has 2 aliphatic rings. The fraction of sp³-hybridized carbons (Fsp3) is 0.786. The van der Waals surface area contributed by atoms with Crippen molar-refractivity contribution in [2.24, 2.45) is 0 Å². The van der Waals surface area contributed by atoms with Crippen LogP contribution in [-0.2, 0) is 14.4 Å². The van der Waals surface area contributed by atoms with Crippen molar-refractivity contribution < 1.29 is 14.4 Å². The fourth-order valence-corrected chi connectivity index (χ4v) is 2.69. The van der Waals surface area contributed by atoms with Crippen molar-refractivity contribution in [2.45, 2.75) is 38.5 Å². The third kappa shape index (κ3) is 5.63. The summed E-state index contributed by atoms with van der Waals surface area (Å²) in [6.07, 6.45) is 5.08. The van der Waals surface area contributed by atoms with Crippen LogP contribution in [0.25, 0.3) is 0 Å². The highest BCUT2D eigenvalue weighted by atomic mass is 35.5. The summed E-state index contributed by atoms with van der Waals surface area (Å²) in [4.78, 5) is 37.9. The predicted molar refractivity (Wildman–Crippen MR) is 81.1 cm³/mol. The first-order chi connectivity index (χ1) is 9.66. The van der Waals surface area contributed by atoms with Crippen molar-refractivity contribution in [1.29, 1.82) is 0 Å². The quantitative estimate of drug-likeness (QED) is 0.550. The smallest absolute Gasteiger partial charge is 0.240 e. The molecule has 2 fully saturated rings. The summed E-state index contributed by atoms with van der Waals surface area (Å²) < 4.78 is 0. The minimum atomic E-state index is -0.241. The standard InChI is InChI=1S/C14H23N3O3.ClH/c18-12(11-17-13(19)5-6-14(17)20)15-7-1-2-8-16-9-3-4-10-16;/h1-11H2,(H,15,18);1H. The summed E-state index contributed by atoms with van der Waals surface area (Å²) in [6.45, 7) is 3.99. The van der Waals surface area contributed by atoms with Crippen LogP contribution in [-0.4, -0.2) is 60.2 Å². The molecular weight excluding hydrogens is 294 g/mol. The van der Waals surface area contributed by atoms with Gasteiger partial charge in [-0.15, -0.1) is 12.4 Å². The molecule has 1 N–H and O–H groups in total. The molecule has 0 radical (unpaired) electrons. The van der Waals surface area contributed by atoms with Gasteiger partial charge in [-0.25, -0.2) is 0 Å². The summed E-state index contributed by atoms with van der Waals surface area (Å²) in [6, 6.07) is 0. The molecule has 0 unspecified atom stereocenters. The monoisotopic (exact) mass is 317 g/mol. The van der Waals surface area contributed by atoms with Gasteiger partial charge in [0.15, 0.2) is 0 Å². The van der Waals surface area contributed by atoms with Crippen LogP contribution in [0.4, 0.5) is 0 Å². The second-order valence-corrected chi connectivity index (χ2v) is 5.48. The van der Waals surface area contributed by atoms with Crippen LogP contribution in [0.5, 0.6) is 0 Å². The number of likely N-dealkylation sites (tertiary alicyclic amines) is 2. The first-order valence-corrected chi connectivity index (χ1v) is 7.49. The molecule has 0 aliphatic carbocycles. The summed E-state index contributed by atoms with van der Waals surface area (Å²) in [7, 11) is 0. The van der Waals surface area contributed by atoms with E-state index < -0.39 is 0 Å². The van der Waals surface area contributed by atoms with Crippen LogP contribution in [0.1, 0.15) is 38.5 Å². The lowest BCUT2D eigenvalue weighted by molar-refractivity contribution is -0.142. The van der Waals surface area contributed by atoms with Crippen LogP contribution in [0.15, 0.2) is 0 Å². The predicted octanol–water partition coefficient (Wildman–Crippen LogP) is 0.549. The van der Waals surface area contributed by atoms with Crippen molar-refractivity contribution in [1.82, 2.24) is 15.1 Å². The minimum Gasteiger partial charge on any atom is -0.355 e. The first-order valence-electron chi connectivity index (χ1n) is 7.49. The molecule has 0 aromatic rings. The lowest BCUT2D eigenvalue weighted by Crippen LogP contribution is -2.40. The molecule has 21 heavy (non-hydrogen) atoms. The Morgan fingerprint density at radius 2 is 1.67 bits per heavy atom. The molecule has 2 heterocycles. The van der Waals surface area contributed by atoms with Gasteiger partial charge in [-0.2, -0.15) is 0 Å². The van der Waals surface area contributed by atoms with E-state index >= 15 is 0 Å². The highest BCUT2D eigenvalue weighted by Crippen LogP contribution is 2.10. The van der Waals surface area contributed by atoms with Gasteiger partial charge in [0.1, 0.15) is 6.54 Å². The summed E-state index contributed by atoms with van der Waals surface area (Å²) in [5.41, 5.74) is 0. The molecule has 6 nitrogen and oxygen atoms in total. The molecule has 0 aromatic carbocycles. The zero-order valence-electron chi connectivity index (χ0n) is 12.3. The van der Waals surface area contributed by atoms with Crippen LogP contribution in [0.3, 0.4) is 0 Å². The molecule has 2 saturated heterocycles. The van der Waals surface area contributed by atoms with Gasteiger partial charge < -0.3 is 10.2 Å². The van der Waals surface area contributed by atoms with Gasteiger partial charge in [-0.3, -0.25) is 19.3 Å². The number of halogens is 1. The molecule has 3 amide bonds. The number of hydrogen-bond donors (Lipinski definition) is 1. The number of nitrogens with zero attached hydrogens (tertiary/aromatic N) is 2. The highest BCUT2D eigenvalue weighted by Gasteiger charge is 2.30. The largest absolute Gasteiger partial charge is 0.355 e. The Balaban J connectivity index is 0.00000220. The Labute approximate surface area is 131 Å². The van der Waals surface area contributed by atoms with Crippen molar-refractivity contribution >= 4 is 30.1 Å². The van der Waals surface area contributed by atoms with Crippen molar-refractivity contribution in [3.05, 3.63) is 0 Å². The van der Waals surface area contributed by atoms with E-state index in [2.05, 4.69) is 10.2 Å². The molecule has 2 aliphatic heterocycles. The van der Waals surface area contributed by atoms with Crippen LogP contribution in [0, 0.1) is 0 Å². The maximum Gasteiger partial charge on any atom is 0.240 e. The number of amides is 3. The average Bonchev–Trinajstić information content (AvgIpc) is 3.04. The van der Waals surface area contributed by atoms with E-state index in [1.54, 1.807) is 0 Å². The number of unbranched alkanes of at least 4 members (excludes halogenated alkanes) is 1. The molecule has 0 saturated carbocycles. The van der Waals surface area contributed by atoms with E-state index in [0.29, 0.717) is 6.54 Å². The van der Waals surface area contributed by atoms with Gasteiger partial charge in [0.2, 0.25) is 17.7 Å². The topological polar surface area (TPSA) is 69.7 Å². The number of carbonyl (C=O) groups excluding carboxylic acids is 3. The van der Waals surface area contributed by atoms with E-state index in [9.17, 15) is 14.4 Å². The minimum absolute atomic E-state index is 0. The van der Waals surface area contributed by atoms with E-state index in [1.165, 1.54) is 25.9 Å². The van der Waals surface area contributed by atoms with E-state index in [1.807, 2.05) is 0 Å². The Morgan fingerprint density at radius 1 is 1.05 bits per heavy atom. The van der Waals surface area contributed by atoms with E-state index in [4.69, 9.17) is 0 Å². The van der Waals surface area contributed by atoms with Crippen LogP contribution >= 0.6 is 12.4 Å². The molecule has 120 valence electrons. The van der Waals surface area contributed by atoms with Crippen LogP contribution < -0.4 is 5.32 Å². The summed E-state index contributed by atoms with van der Waals surface area (Å²) >= 11 is 0. The van der Waals surface area contributed by atoms with Crippen molar-refractivity contribution in [3.8, 4) is 0 Å². The number of rotatable bonds is 7. The second kappa shape index (κ2) is 9.00. The lowest BCUT2D eigenvalue weighted by Gasteiger charge is -2.15. The van der Waals surface area contributed by atoms with Gasteiger partial charge in [-0.1, -0.05) is 0 Å². The Morgan fingerprint density at radius 3 is 2.29 bits per heavy atom. The number of nitrogens with one attached hydrogen (secondary N) is 1. The van der Waals surface area contributed by atoms with E-state index in [-0.39, 0.29) is 49.5 Å². The molecule has 2 rings (SSSR count). The van der Waals surface area contributed by atoms with Crippen molar-refractivity contribution in [3.63, 3.8) is 0 Å². The zero-order chi connectivity index (χ0) is 14.4. The molecule has 0 bridgehead atoms. The molecule has 0 aromatic heterocycles. The fourth-order valence-electron chi connectivity index (χ4n) is 2.69. The Hall–Kier alpha value is -1.14. The number of hydrogen-bond acceptors (Lipinski definition) is 4. The normalized spacial score (nSPS) is 19.0. The zero-order valence-corrected chi connectivity index (χ0v) is 13.1. The maximum absolute atomic E-state index is 11.6. The van der Waals surface area contributed by atoms with E-state index in [0.717, 1.165) is 24.3 Å². The van der Waals surface area contributed by atoms with Crippen molar-refractivity contribution in [2.75, 3.05) is 32.7 Å². The second-order valence-electron chi connectivity index (χ2n) is 5.48. The third-order valence-electron chi connectivity index (χ3n) is 3.88. The van der Waals surface area contributed by atoms with Gasteiger partial charge in [0.05, 0.1) is 0 Å². The van der Waals surface area contributed by atoms with Gasteiger partial charge in [-0.05, 0) is 45.3 Å². The SMILES string of the molecule is Cl.O=C(CN1C(=O)CCC1=O)NCCCCN1CCCC1. The van der Waals surface area contributed by atoms with Crippen LogP contribution in [0.2, 0.25) is 0 Å². The maximum atomic E-state index is 11.6. The third-order valence-corrected chi connectivity index (χ3v) is 3.88.